The Morgan fingerprint density at radius 3 is 2.08 bits per heavy atom. The van der Waals surface area contributed by atoms with Gasteiger partial charge in [0.1, 0.15) is 12.4 Å². The number of anilines is 2. The number of amides is 1. The Bertz CT molecular complexity index is 1390. The van der Waals surface area contributed by atoms with E-state index in [1.807, 2.05) is 0 Å². The Balaban J connectivity index is 2.00. The van der Waals surface area contributed by atoms with Crippen LogP contribution in [-0.4, -0.2) is 47.0 Å². The van der Waals surface area contributed by atoms with Crippen molar-refractivity contribution in [2.75, 3.05) is 30.4 Å². The molecular weight excluding hydrogens is 491 g/mol. The predicted molar refractivity (Wildman–Crippen MR) is 130 cm³/mol. The Hall–Kier alpha value is -4.25. The van der Waals surface area contributed by atoms with Gasteiger partial charge in [-0.1, -0.05) is 17.7 Å². The summed E-state index contributed by atoms with van der Waals surface area (Å²) in [6.07, 6.45) is 0. The zero-order valence-corrected chi connectivity index (χ0v) is 20.5. The number of nitrogens with one attached hydrogen (secondary N) is 1. The van der Waals surface area contributed by atoms with Crippen LogP contribution in [0.4, 0.5) is 15.8 Å². The first-order valence-corrected chi connectivity index (χ1v) is 12.0. The fraction of sp³-hybridized carbons (Fsp3) is 0.160. The maximum Gasteiger partial charge on any atom is 0.339 e. The van der Waals surface area contributed by atoms with Gasteiger partial charge in [0.2, 0.25) is 5.91 Å². The third-order valence-corrected chi connectivity index (χ3v) is 6.92. The minimum Gasteiger partial charge on any atom is -0.465 e. The van der Waals surface area contributed by atoms with Crippen LogP contribution in [0.5, 0.6) is 0 Å². The molecular formula is C25H23FN2O7S. The Morgan fingerprint density at radius 2 is 1.50 bits per heavy atom. The normalized spacial score (nSPS) is 10.9. The number of nitrogens with zero attached hydrogens (tertiary/aromatic N) is 1. The molecule has 0 spiro atoms. The van der Waals surface area contributed by atoms with Crippen molar-refractivity contribution in [1.29, 1.82) is 0 Å². The molecule has 3 aromatic rings. The van der Waals surface area contributed by atoms with Crippen molar-refractivity contribution in [2.24, 2.45) is 0 Å². The zero-order chi connectivity index (χ0) is 26.5. The third kappa shape index (κ3) is 5.87. The molecule has 0 bridgehead atoms. The standard InChI is InChI=1S/C25H23FN2O7S/c1-16-4-11-20(12-5-16)36(32,33)28(19-9-7-18(26)8-10-19)15-23(29)27-22-14-17(24(30)34-2)6-13-21(22)25(31)35-3/h4-14H,15H2,1-3H3,(H,27,29). The van der Waals surface area contributed by atoms with E-state index < -0.39 is 40.2 Å². The fourth-order valence-corrected chi connectivity index (χ4v) is 4.68. The van der Waals surface area contributed by atoms with Crippen LogP contribution in [0.3, 0.4) is 0 Å². The number of hydrogen-bond donors (Lipinski definition) is 1. The molecule has 0 aliphatic carbocycles. The summed E-state index contributed by atoms with van der Waals surface area (Å²) in [5.74, 6) is -2.92. The van der Waals surface area contributed by atoms with Gasteiger partial charge >= 0.3 is 11.9 Å². The van der Waals surface area contributed by atoms with Crippen LogP contribution in [0.2, 0.25) is 0 Å². The highest BCUT2D eigenvalue weighted by molar-refractivity contribution is 7.92. The number of aryl methyl sites for hydroxylation is 1. The van der Waals surface area contributed by atoms with Crippen molar-refractivity contribution in [3.8, 4) is 0 Å². The highest BCUT2D eigenvalue weighted by Crippen LogP contribution is 2.25. The summed E-state index contributed by atoms with van der Waals surface area (Å²) >= 11 is 0. The van der Waals surface area contributed by atoms with Gasteiger partial charge in [0, 0.05) is 0 Å². The number of esters is 2. The SMILES string of the molecule is COC(=O)c1ccc(C(=O)OC)c(NC(=O)CN(c2ccc(F)cc2)S(=O)(=O)c2ccc(C)cc2)c1. The second-order valence-electron chi connectivity index (χ2n) is 7.59. The van der Waals surface area contributed by atoms with Gasteiger partial charge in [-0.05, 0) is 61.5 Å². The van der Waals surface area contributed by atoms with Crippen LogP contribution in [0, 0.1) is 12.7 Å². The highest BCUT2D eigenvalue weighted by Gasteiger charge is 2.28. The lowest BCUT2D eigenvalue weighted by Crippen LogP contribution is -2.38. The maximum atomic E-state index is 13.5. The van der Waals surface area contributed by atoms with Gasteiger partial charge in [-0.3, -0.25) is 9.10 Å². The molecule has 0 saturated carbocycles. The van der Waals surface area contributed by atoms with E-state index in [9.17, 15) is 27.2 Å². The molecule has 3 rings (SSSR count). The number of carbonyl (C=O) groups is 3. The van der Waals surface area contributed by atoms with E-state index in [1.165, 1.54) is 49.6 Å². The van der Waals surface area contributed by atoms with Gasteiger partial charge in [-0.25, -0.2) is 22.4 Å². The molecule has 0 heterocycles. The molecule has 0 fully saturated rings. The number of rotatable bonds is 8. The highest BCUT2D eigenvalue weighted by atomic mass is 32.2. The van der Waals surface area contributed by atoms with E-state index in [0.29, 0.717) is 0 Å². The van der Waals surface area contributed by atoms with Crippen LogP contribution in [-0.2, 0) is 24.3 Å². The number of halogens is 1. The molecule has 3 aromatic carbocycles. The quantitative estimate of drug-likeness (QED) is 0.457. The molecule has 11 heteroatoms. The number of methoxy groups -OCH3 is 2. The van der Waals surface area contributed by atoms with Crippen LogP contribution in [0.25, 0.3) is 0 Å². The molecule has 36 heavy (non-hydrogen) atoms. The Kier molecular flexibility index (Phi) is 8.05. The molecule has 0 atom stereocenters. The van der Waals surface area contributed by atoms with Crippen molar-refractivity contribution in [1.82, 2.24) is 0 Å². The van der Waals surface area contributed by atoms with E-state index >= 15 is 0 Å². The van der Waals surface area contributed by atoms with E-state index in [4.69, 9.17) is 4.74 Å². The van der Waals surface area contributed by atoms with Gasteiger partial charge in [0.25, 0.3) is 10.0 Å². The predicted octanol–water partition coefficient (Wildman–Crippen LogP) is 3.54. The molecule has 0 saturated heterocycles. The van der Waals surface area contributed by atoms with Crippen LogP contribution < -0.4 is 9.62 Å². The first-order valence-electron chi connectivity index (χ1n) is 10.5. The molecule has 0 unspecified atom stereocenters. The summed E-state index contributed by atoms with van der Waals surface area (Å²) < 4.78 is 50.6. The summed E-state index contributed by atoms with van der Waals surface area (Å²) in [5, 5.41) is 2.46. The first-order chi connectivity index (χ1) is 17.1. The topological polar surface area (TPSA) is 119 Å². The number of sulfonamides is 1. The average molecular weight is 515 g/mol. The van der Waals surface area contributed by atoms with Crippen LogP contribution in [0.1, 0.15) is 26.3 Å². The average Bonchev–Trinajstić information content (AvgIpc) is 2.87. The number of ether oxygens (including phenoxy) is 2. The van der Waals surface area contributed by atoms with Crippen LogP contribution in [0.15, 0.2) is 71.6 Å². The second kappa shape index (κ2) is 11.0. The van der Waals surface area contributed by atoms with Gasteiger partial charge < -0.3 is 14.8 Å². The molecule has 0 aliphatic heterocycles. The Labute approximate surface area is 207 Å². The number of hydrogen-bond acceptors (Lipinski definition) is 7. The van der Waals surface area contributed by atoms with Crippen LogP contribution >= 0.6 is 0 Å². The first kappa shape index (κ1) is 26.4. The van der Waals surface area contributed by atoms with E-state index in [-0.39, 0.29) is 27.4 Å². The fourth-order valence-electron chi connectivity index (χ4n) is 3.26. The van der Waals surface area contributed by atoms with Gasteiger partial charge in [0.05, 0.1) is 41.6 Å². The smallest absolute Gasteiger partial charge is 0.339 e. The molecule has 1 N–H and O–H groups in total. The summed E-state index contributed by atoms with van der Waals surface area (Å²) in [6, 6.07) is 14.4. The lowest BCUT2D eigenvalue weighted by molar-refractivity contribution is -0.114. The van der Waals surface area contributed by atoms with E-state index in [0.717, 1.165) is 29.1 Å². The molecule has 0 radical (unpaired) electrons. The largest absolute Gasteiger partial charge is 0.465 e. The zero-order valence-electron chi connectivity index (χ0n) is 19.6. The summed E-state index contributed by atoms with van der Waals surface area (Å²) in [5.41, 5.74) is 0.780. The van der Waals surface area contributed by atoms with Crippen molar-refractivity contribution < 1.29 is 36.7 Å². The Morgan fingerprint density at radius 1 is 0.889 bits per heavy atom. The van der Waals surface area contributed by atoms with Crippen molar-refractivity contribution in [3.05, 3.63) is 89.2 Å². The summed E-state index contributed by atoms with van der Waals surface area (Å²) in [4.78, 5) is 37.1. The minimum atomic E-state index is -4.24. The maximum absolute atomic E-state index is 13.5. The number of carbonyl (C=O) groups excluding carboxylic acids is 3. The van der Waals surface area contributed by atoms with Gasteiger partial charge in [0.15, 0.2) is 0 Å². The van der Waals surface area contributed by atoms with Gasteiger partial charge in [-0.2, -0.15) is 0 Å². The number of benzene rings is 3. The molecule has 0 aromatic heterocycles. The molecule has 0 aliphatic rings. The second-order valence-corrected chi connectivity index (χ2v) is 9.46. The lowest BCUT2D eigenvalue weighted by atomic mass is 10.1. The molecule has 9 nitrogen and oxygen atoms in total. The molecule has 1 amide bonds. The van der Waals surface area contributed by atoms with Gasteiger partial charge in [-0.15, -0.1) is 0 Å². The van der Waals surface area contributed by atoms with Crippen molar-refractivity contribution >= 4 is 39.2 Å². The van der Waals surface area contributed by atoms with Crippen molar-refractivity contribution in [2.45, 2.75) is 11.8 Å². The monoisotopic (exact) mass is 514 g/mol. The van der Waals surface area contributed by atoms with E-state index in [2.05, 4.69) is 10.1 Å². The summed E-state index contributed by atoms with van der Waals surface area (Å²) in [7, 11) is -1.93. The van der Waals surface area contributed by atoms with Crippen molar-refractivity contribution in [3.63, 3.8) is 0 Å². The minimum absolute atomic E-state index is 0.0446. The molecule has 188 valence electrons. The summed E-state index contributed by atoms with van der Waals surface area (Å²) in [6.45, 7) is 1.08. The van der Waals surface area contributed by atoms with E-state index in [1.54, 1.807) is 19.1 Å². The third-order valence-electron chi connectivity index (χ3n) is 5.13. The lowest BCUT2D eigenvalue weighted by Gasteiger charge is -2.24.